The number of thiol groups is 1. The van der Waals surface area contributed by atoms with Gasteiger partial charge in [-0.3, -0.25) is 9.59 Å². The number of carbonyl (C=O) groups is 2. The van der Waals surface area contributed by atoms with Crippen molar-refractivity contribution in [1.29, 1.82) is 0 Å². The predicted octanol–water partition coefficient (Wildman–Crippen LogP) is 1.88. The lowest BCUT2D eigenvalue weighted by Gasteiger charge is -2.21. The third-order valence-electron chi connectivity index (χ3n) is 2.90. The maximum atomic E-state index is 11.3. The molecule has 1 rings (SSSR count). The van der Waals surface area contributed by atoms with Crippen molar-refractivity contribution in [2.75, 3.05) is 5.75 Å². The number of carboxylic acids is 1. The lowest BCUT2D eigenvalue weighted by atomic mass is 9.98. The Hall–Kier alpha value is -0.710. The molecule has 0 aromatic carbocycles. The molecule has 1 aliphatic rings. The molecule has 92 valence electrons. The standard InChI is InChI=1S/C11H18O4S/c12-10(13)7-9(8-3-1-2-4-8)15-11(14)5-6-16/h8-9,16H,1-7H2,(H,12,13). The lowest BCUT2D eigenvalue weighted by molar-refractivity contribution is -0.155. The van der Waals surface area contributed by atoms with E-state index in [1.165, 1.54) is 0 Å². The molecule has 0 aromatic rings. The van der Waals surface area contributed by atoms with Crippen LogP contribution in [0.3, 0.4) is 0 Å². The first-order valence-corrected chi connectivity index (χ1v) is 6.29. The summed E-state index contributed by atoms with van der Waals surface area (Å²) < 4.78 is 5.22. The molecule has 1 aliphatic carbocycles. The minimum atomic E-state index is -0.907. The van der Waals surface area contributed by atoms with E-state index in [-0.39, 0.29) is 24.7 Å². The van der Waals surface area contributed by atoms with Gasteiger partial charge in [0.25, 0.3) is 0 Å². The van der Waals surface area contributed by atoms with Gasteiger partial charge in [0.1, 0.15) is 6.10 Å². The molecule has 0 heterocycles. The summed E-state index contributed by atoms with van der Waals surface area (Å²) in [6.07, 6.45) is 3.84. The van der Waals surface area contributed by atoms with E-state index in [0.717, 1.165) is 25.7 Å². The fourth-order valence-electron chi connectivity index (χ4n) is 2.12. The molecular formula is C11H18O4S. The topological polar surface area (TPSA) is 63.6 Å². The van der Waals surface area contributed by atoms with Crippen LogP contribution >= 0.6 is 12.6 Å². The first-order chi connectivity index (χ1) is 7.63. The fraction of sp³-hybridized carbons (Fsp3) is 0.818. The molecule has 1 unspecified atom stereocenters. The van der Waals surface area contributed by atoms with Crippen molar-refractivity contribution in [3.05, 3.63) is 0 Å². The Balaban J connectivity index is 2.48. The van der Waals surface area contributed by atoms with E-state index in [1.54, 1.807) is 0 Å². The van der Waals surface area contributed by atoms with Gasteiger partial charge < -0.3 is 9.84 Å². The zero-order chi connectivity index (χ0) is 12.0. The molecule has 1 fully saturated rings. The van der Waals surface area contributed by atoms with Crippen LogP contribution in [0.1, 0.15) is 38.5 Å². The third-order valence-corrected chi connectivity index (χ3v) is 3.12. The quantitative estimate of drug-likeness (QED) is 0.555. The molecule has 1 atom stereocenters. The highest BCUT2D eigenvalue weighted by molar-refractivity contribution is 7.80. The van der Waals surface area contributed by atoms with Crippen molar-refractivity contribution in [3.63, 3.8) is 0 Å². The summed E-state index contributed by atoms with van der Waals surface area (Å²) in [6.45, 7) is 0. The van der Waals surface area contributed by atoms with E-state index >= 15 is 0 Å². The largest absolute Gasteiger partial charge is 0.481 e. The summed E-state index contributed by atoms with van der Waals surface area (Å²) in [5.74, 6) is -0.591. The highest BCUT2D eigenvalue weighted by atomic mass is 32.1. The molecule has 0 amide bonds. The second-order valence-electron chi connectivity index (χ2n) is 4.14. The van der Waals surface area contributed by atoms with E-state index in [4.69, 9.17) is 9.84 Å². The number of ether oxygens (including phenoxy) is 1. The minimum absolute atomic E-state index is 0.0804. The number of rotatable bonds is 6. The van der Waals surface area contributed by atoms with Gasteiger partial charge in [0.2, 0.25) is 0 Å². The van der Waals surface area contributed by atoms with Crippen molar-refractivity contribution >= 4 is 24.6 Å². The normalized spacial score (nSPS) is 18.3. The monoisotopic (exact) mass is 246 g/mol. The number of aliphatic carboxylic acids is 1. The Morgan fingerprint density at radius 3 is 2.50 bits per heavy atom. The minimum Gasteiger partial charge on any atom is -0.481 e. The smallest absolute Gasteiger partial charge is 0.307 e. The number of hydrogen-bond acceptors (Lipinski definition) is 4. The van der Waals surface area contributed by atoms with Gasteiger partial charge in [0.15, 0.2) is 0 Å². The first kappa shape index (κ1) is 13.4. The van der Waals surface area contributed by atoms with Crippen LogP contribution in [0.4, 0.5) is 0 Å². The Bertz CT molecular complexity index is 248. The molecule has 4 nitrogen and oxygen atoms in total. The molecule has 1 saturated carbocycles. The first-order valence-electron chi connectivity index (χ1n) is 5.65. The van der Waals surface area contributed by atoms with Crippen molar-refractivity contribution in [3.8, 4) is 0 Å². The Kier molecular flexibility index (Phi) is 5.66. The summed E-state index contributed by atoms with van der Waals surface area (Å²) in [5, 5.41) is 8.78. The molecule has 5 heteroatoms. The summed E-state index contributed by atoms with van der Waals surface area (Å²) in [5.41, 5.74) is 0. The van der Waals surface area contributed by atoms with Crippen molar-refractivity contribution < 1.29 is 19.4 Å². The lowest BCUT2D eigenvalue weighted by Crippen LogP contribution is -2.28. The van der Waals surface area contributed by atoms with Gasteiger partial charge in [0, 0.05) is 5.75 Å². The molecule has 1 N–H and O–H groups in total. The van der Waals surface area contributed by atoms with Crippen molar-refractivity contribution in [1.82, 2.24) is 0 Å². The highest BCUT2D eigenvalue weighted by Crippen LogP contribution is 2.31. The average molecular weight is 246 g/mol. The maximum absolute atomic E-state index is 11.3. The SMILES string of the molecule is O=C(O)CC(OC(=O)CCS)C1CCCC1. The van der Waals surface area contributed by atoms with E-state index in [0.29, 0.717) is 5.75 Å². The van der Waals surface area contributed by atoms with Crippen LogP contribution < -0.4 is 0 Å². The molecule has 0 spiro atoms. The number of carbonyl (C=O) groups excluding carboxylic acids is 1. The van der Waals surface area contributed by atoms with Crippen LogP contribution in [0.25, 0.3) is 0 Å². The fourth-order valence-corrected chi connectivity index (χ4v) is 2.31. The number of esters is 1. The summed E-state index contributed by atoms with van der Waals surface area (Å²) in [4.78, 5) is 22.0. The summed E-state index contributed by atoms with van der Waals surface area (Å²) >= 11 is 3.95. The van der Waals surface area contributed by atoms with Crippen LogP contribution in [-0.4, -0.2) is 28.9 Å². The number of carboxylic acid groups (broad SMARTS) is 1. The molecule has 16 heavy (non-hydrogen) atoms. The molecular weight excluding hydrogens is 228 g/mol. The van der Waals surface area contributed by atoms with Crippen LogP contribution in [0, 0.1) is 5.92 Å². The average Bonchev–Trinajstić information content (AvgIpc) is 2.68. The van der Waals surface area contributed by atoms with Crippen molar-refractivity contribution in [2.24, 2.45) is 5.92 Å². The third kappa shape index (κ3) is 4.43. The van der Waals surface area contributed by atoms with Gasteiger partial charge in [-0.2, -0.15) is 12.6 Å². The van der Waals surface area contributed by atoms with Crippen LogP contribution in [0.2, 0.25) is 0 Å². The summed E-state index contributed by atoms with van der Waals surface area (Å²) in [7, 11) is 0. The van der Waals surface area contributed by atoms with Gasteiger partial charge in [-0.1, -0.05) is 12.8 Å². The van der Waals surface area contributed by atoms with E-state index in [1.807, 2.05) is 0 Å². The Labute approximate surface area is 101 Å². The zero-order valence-electron chi connectivity index (χ0n) is 9.22. The maximum Gasteiger partial charge on any atom is 0.307 e. The molecule has 0 aliphatic heterocycles. The van der Waals surface area contributed by atoms with Crippen LogP contribution in [0.5, 0.6) is 0 Å². The Morgan fingerprint density at radius 1 is 1.38 bits per heavy atom. The number of hydrogen-bond donors (Lipinski definition) is 2. The van der Waals surface area contributed by atoms with Crippen molar-refractivity contribution in [2.45, 2.75) is 44.6 Å². The molecule has 0 radical (unpaired) electrons. The predicted molar refractivity (Wildman–Crippen MR) is 62.6 cm³/mol. The van der Waals surface area contributed by atoms with Gasteiger partial charge in [0.05, 0.1) is 12.8 Å². The van der Waals surface area contributed by atoms with Gasteiger partial charge in [-0.15, -0.1) is 0 Å². The second-order valence-corrected chi connectivity index (χ2v) is 4.59. The highest BCUT2D eigenvalue weighted by Gasteiger charge is 2.29. The van der Waals surface area contributed by atoms with E-state index in [9.17, 15) is 9.59 Å². The van der Waals surface area contributed by atoms with E-state index < -0.39 is 12.1 Å². The van der Waals surface area contributed by atoms with E-state index in [2.05, 4.69) is 12.6 Å². The Morgan fingerprint density at radius 2 is 2.00 bits per heavy atom. The van der Waals surface area contributed by atoms with Crippen LogP contribution in [-0.2, 0) is 14.3 Å². The second kappa shape index (κ2) is 6.78. The molecule has 0 bridgehead atoms. The van der Waals surface area contributed by atoms with Gasteiger partial charge >= 0.3 is 11.9 Å². The summed E-state index contributed by atoms with van der Waals surface area (Å²) in [6, 6.07) is 0. The zero-order valence-corrected chi connectivity index (χ0v) is 10.1. The van der Waals surface area contributed by atoms with Crippen LogP contribution in [0.15, 0.2) is 0 Å². The van der Waals surface area contributed by atoms with Gasteiger partial charge in [-0.05, 0) is 18.8 Å². The molecule has 0 aromatic heterocycles. The van der Waals surface area contributed by atoms with Gasteiger partial charge in [-0.25, -0.2) is 0 Å². The molecule has 0 saturated heterocycles.